The molecule has 0 radical (unpaired) electrons. The first-order chi connectivity index (χ1) is 16.7. The van der Waals surface area contributed by atoms with E-state index >= 15 is 0 Å². The van der Waals surface area contributed by atoms with Crippen LogP contribution in [0.2, 0.25) is 0 Å². The summed E-state index contributed by atoms with van der Waals surface area (Å²) in [6, 6.07) is 22.1. The maximum Gasteiger partial charge on any atom is 0.272 e. The van der Waals surface area contributed by atoms with Crippen LogP contribution in [0.15, 0.2) is 84.3 Å². The van der Waals surface area contributed by atoms with Crippen molar-refractivity contribution in [3.05, 3.63) is 101 Å². The first-order valence-corrected chi connectivity index (χ1v) is 12.2. The summed E-state index contributed by atoms with van der Waals surface area (Å²) in [7, 11) is 0. The lowest BCUT2D eigenvalue weighted by atomic mass is 10.2. The maximum absolute atomic E-state index is 13.5. The molecule has 0 saturated carbocycles. The van der Waals surface area contributed by atoms with Gasteiger partial charge in [0.15, 0.2) is 0 Å². The summed E-state index contributed by atoms with van der Waals surface area (Å²) in [5.74, 6) is -0.376. The number of piperazine rings is 1. The number of hydrogen-bond donors (Lipinski definition) is 0. The van der Waals surface area contributed by atoms with E-state index in [9.17, 15) is 9.18 Å². The molecule has 172 valence electrons. The smallest absolute Gasteiger partial charge is 0.272 e. The molecule has 0 atom stereocenters. The van der Waals surface area contributed by atoms with Crippen LogP contribution >= 0.6 is 11.3 Å². The van der Waals surface area contributed by atoms with Gasteiger partial charge in [-0.3, -0.25) is 9.69 Å². The van der Waals surface area contributed by atoms with Gasteiger partial charge in [0.2, 0.25) is 0 Å². The highest BCUT2D eigenvalue weighted by Gasteiger charge is 2.26. The number of amides is 1. The van der Waals surface area contributed by atoms with Crippen molar-refractivity contribution in [2.75, 3.05) is 32.7 Å². The second-order valence-corrected chi connectivity index (χ2v) is 9.13. The Morgan fingerprint density at radius 2 is 1.74 bits per heavy atom. The quantitative estimate of drug-likeness (QED) is 0.387. The number of carbonyl (C=O) groups is 1. The van der Waals surface area contributed by atoms with Gasteiger partial charge in [-0.05, 0) is 47.3 Å². The molecule has 2 aromatic carbocycles. The molecule has 34 heavy (non-hydrogen) atoms. The van der Waals surface area contributed by atoms with Crippen LogP contribution in [0, 0.1) is 5.82 Å². The van der Waals surface area contributed by atoms with Crippen LogP contribution < -0.4 is 0 Å². The summed E-state index contributed by atoms with van der Waals surface area (Å²) in [5, 5.41) is 6.68. The Balaban J connectivity index is 1.29. The van der Waals surface area contributed by atoms with E-state index in [-0.39, 0.29) is 11.7 Å². The molecule has 0 unspecified atom stereocenters. The van der Waals surface area contributed by atoms with Crippen molar-refractivity contribution in [2.45, 2.75) is 0 Å². The lowest BCUT2D eigenvalue weighted by Gasteiger charge is -2.34. The predicted octanol–water partition coefficient (Wildman–Crippen LogP) is 5.21. The monoisotopic (exact) mass is 472 g/mol. The van der Waals surface area contributed by atoms with Gasteiger partial charge in [0.25, 0.3) is 5.91 Å². The zero-order valence-electron chi connectivity index (χ0n) is 18.7. The van der Waals surface area contributed by atoms with Crippen molar-refractivity contribution in [1.29, 1.82) is 0 Å². The third-order valence-corrected chi connectivity index (χ3v) is 6.80. The summed E-state index contributed by atoms with van der Waals surface area (Å²) in [4.78, 5) is 18.7. The molecule has 2 aromatic heterocycles. The molecule has 0 N–H and O–H groups in total. The molecule has 0 aliphatic carbocycles. The van der Waals surface area contributed by atoms with Gasteiger partial charge >= 0.3 is 0 Å². The van der Waals surface area contributed by atoms with E-state index in [0.717, 1.165) is 30.2 Å². The van der Waals surface area contributed by atoms with Gasteiger partial charge in [-0.15, -0.1) is 11.3 Å². The number of hydrogen-bond acceptors (Lipinski definition) is 4. The zero-order valence-corrected chi connectivity index (χ0v) is 19.5. The average Bonchev–Trinajstić information content (AvgIpc) is 3.56. The van der Waals surface area contributed by atoms with Gasteiger partial charge < -0.3 is 4.90 Å². The molecule has 1 amide bonds. The van der Waals surface area contributed by atoms with E-state index in [1.807, 2.05) is 46.7 Å². The van der Waals surface area contributed by atoms with E-state index in [2.05, 4.69) is 29.2 Å². The maximum atomic E-state index is 13.5. The molecule has 5 rings (SSSR count). The molecule has 1 aliphatic rings. The predicted molar refractivity (Wildman–Crippen MR) is 135 cm³/mol. The number of thiophene rings is 1. The Bertz CT molecular complexity index is 1260. The molecule has 0 bridgehead atoms. The number of nitrogens with zero attached hydrogens (tertiary/aromatic N) is 4. The minimum Gasteiger partial charge on any atom is -0.335 e. The molecule has 3 heterocycles. The second-order valence-electron chi connectivity index (χ2n) is 8.19. The van der Waals surface area contributed by atoms with Crippen LogP contribution in [0.1, 0.15) is 16.1 Å². The van der Waals surface area contributed by atoms with Crippen molar-refractivity contribution >= 4 is 23.3 Å². The molecule has 7 heteroatoms. The highest BCUT2D eigenvalue weighted by atomic mass is 32.1. The van der Waals surface area contributed by atoms with Crippen LogP contribution in [0.5, 0.6) is 0 Å². The minimum atomic E-state index is -0.320. The molecule has 4 aromatic rings. The second kappa shape index (κ2) is 10.2. The molecular formula is C27H25FN4OS. The summed E-state index contributed by atoms with van der Waals surface area (Å²) in [6.07, 6.45) is 4.30. The summed E-state index contributed by atoms with van der Waals surface area (Å²) < 4.78 is 15.1. The van der Waals surface area contributed by atoms with Crippen LogP contribution in [0.25, 0.3) is 22.3 Å². The number of halogens is 1. The van der Waals surface area contributed by atoms with Gasteiger partial charge in [-0.25, -0.2) is 9.07 Å². The van der Waals surface area contributed by atoms with Crippen molar-refractivity contribution < 1.29 is 9.18 Å². The Morgan fingerprint density at radius 3 is 2.44 bits per heavy atom. The molecule has 1 aliphatic heterocycles. The first kappa shape index (κ1) is 22.3. The van der Waals surface area contributed by atoms with Gasteiger partial charge in [-0.1, -0.05) is 48.6 Å². The van der Waals surface area contributed by atoms with Crippen molar-refractivity contribution in [1.82, 2.24) is 19.6 Å². The van der Waals surface area contributed by atoms with E-state index in [0.29, 0.717) is 24.5 Å². The van der Waals surface area contributed by atoms with Crippen molar-refractivity contribution in [3.63, 3.8) is 0 Å². The fourth-order valence-corrected chi connectivity index (χ4v) is 4.74. The molecule has 0 spiro atoms. The fourth-order valence-electron chi connectivity index (χ4n) is 4.05. The number of aromatic nitrogens is 2. The number of carbonyl (C=O) groups excluding carboxylic acids is 1. The molecular weight excluding hydrogens is 447 g/mol. The topological polar surface area (TPSA) is 41.4 Å². The third-order valence-electron chi connectivity index (χ3n) is 5.91. The Kier molecular flexibility index (Phi) is 6.65. The fraction of sp³-hybridized carbons (Fsp3) is 0.185. The Morgan fingerprint density at radius 1 is 0.971 bits per heavy atom. The number of rotatable bonds is 6. The molecule has 5 nitrogen and oxygen atoms in total. The normalized spacial score (nSPS) is 14.7. The summed E-state index contributed by atoms with van der Waals surface area (Å²) >= 11 is 1.58. The van der Waals surface area contributed by atoms with E-state index in [1.54, 1.807) is 28.2 Å². The van der Waals surface area contributed by atoms with Crippen LogP contribution in [0.4, 0.5) is 4.39 Å². The molecule has 1 saturated heterocycles. The lowest BCUT2D eigenvalue weighted by molar-refractivity contribution is 0.0641. The zero-order chi connectivity index (χ0) is 23.3. The lowest BCUT2D eigenvalue weighted by Crippen LogP contribution is -2.49. The minimum absolute atomic E-state index is 0.0564. The van der Waals surface area contributed by atoms with Crippen molar-refractivity contribution in [2.24, 2.45) is 0 Å². The first-order valence-electron chi connectivity index (χ1n) is 11.3. The largest absolute Gasteiger partial charge is 0.335 e. The van der Waals surface area contributed by atoms with Crippen LogP contribution in [-0.2, 0) is 0 Å². The number of benzene rings is 2. The standard InChI is InChI=1S/C27H25FN4OS/c28-22-10-12-23(13-11-22)32-25(20-24(29-32)26-9-5-19-34-26)27(33)31-17-15-30(16-18-31)14-4-8-21-6-2-1-3-7-21/h1-13,19-20H,14-18H2/b8-4+. The third kappa shape index (κ3) is 5.00. The average molecular weight is 473 g/mol. The van der Waals surface area contributed by atoms with Gasteiger partial charge in [0.05, 0.1) is 10.6 Å². The Hall–Kier alpha value is -3.55. The van der Waals surface area contributed by atoms with Crippen LogP contribution in [0.3, 0.4) is 0 Å². The van der Waals surface area contributed by atoms with E-state index in [4.69, 9.17) is 5.10 Å². The van der Waals surface area contributed by atoms with E-state index in [1.165, 1.54) is 17.7 Å². The van der Waals surface area contributed by atoms with Gasteiger partial charge in [0.1, 0.15) is 17.2 Å². The Labute approximate surface area is 202 Å². The SMILES string of the molecule is O=C(c1cc(-c2cccs2)nn1-c1ccc(F)cc1)N1CCN(C/C=C/c2ccccc2)CC1. The van der Waals surface area contributed by atoms with Crippen LogP contribution in [-0.4, -0.2) is 58.2 Å². The summed E-state index contributed by atoms with van der Waals surface area (Å²) in [6.45, 7) is 3.79. The van der Waals surface area contributed by atoms with E-state index < -0.39 is 0 Å². The molecule has 1 fully saturated rings. The highest BCUT2D eigenvalue weighted by molar-refractivity contribution is 7.13. The highest BCUT2D eigenvalue weighted by Crippen LogP contribution is 2.26. The summed E-state index contributed by atoms with van der Waals surface area (Å²) in [5.41, 5.74) is 3.09. The van der Waals surface area contributed by atoms with Gasteiger partial charge in [0, 0.05) is 32.7 Å². The van der Waals surface area contributed by atoms with Gasteiger partial charge in [-0.2, -0.15) is 5.10 Å². The van der Waals surface area contributed by atoms with Crippen molar-refractivity contribution in [3.8, 4) is 16.3 Å².